The van der Waals surface area contributed by atoms with E-state index in [1.807, 2.05) is 43.5 Å². The predicted octanol–water partition coefficient (Wildman–Crippen LogP) is 4.02. The van der Waals surface area contributed by atoms with Crippen molar-refractivity contribution in [2.75, 3.05) is 6.54 Å². The van der Waals surface area contributed by atoms with Crippen molar-refractivity contribution < 1.29 is 14.4 Å². The van der Waals surface area contributed by atoms with Gasteiger partial charge in [0.1, 0.15) is 12.1 Å². The highest BCUT2D eigenvalue weighted by Gasteiger charge is 2.49. The second-order valence-corrected chi connectivity index (χ2v) is 8.60. The first-order valence-electron chi connectivity index (χ1n) is 10.5. The van der Waals surface area contributed by atoms with Crippen LogP contribution in [0.5, 0.6) is 0 Å². The largest absolute Gasteiger partial charge is 0.343 e. The highest BCUT2D eigenvalue weighted by atomic mass is 32.1. The Hall–Kier alpha value is -2.67. The molecule has 1 aliphatic rings. The number of nitrogens with zero attached hydrogens (tertiary/aromatic N) is 1. The van der Waals surface area contributed by atoms with Crippen molar-refractivity contribution in [3.05, 3.63) is 57.8 Å². The molecule has 0 saturated carbocycles. The lowest BCUT2D eigenvalue weighted by atomic mass is 9.93. The molecule has 1 unspecified atom stereocenters. The summed E-state index contributed by atoms with van der Waals surface area (Å²) in [7, 11) is 0. The lowest BCUT2D eigenvalue weighted by Crippen LogP contribution is -2.46. The number of hydrogen-bond donors (Lipinski definition) is 2. The minimum atomic E-state index is -0.903. The number of nitrogens with one attached hydrogen (secondary N) is 2. The number of benzene rings is 1. The Labute approximate surface area is 181 Å². The Morgan fingerprint density at radius 3 is 2.37 bits per heavy atom. The van der Waals surface area contributed by atoms with Gasteiger partial charge in [-0.3, -0.25) is 14.5 Å². The second kappa shape index (κ2) is 9.43. The van der Waals surface area contributed by atoms with Gasteiger partial charge >= 0.3 is 6.03 Å². The van der Waals surface area contributed by atoms with Crippen LogP contribution in [0.1, 0.15) is 62.1 Å². The van der Waals surface area contributed by atoms with Crippen LogP contribution in [-0.2, 0) is 16.0 Å². The summed E-state index contributed by atoms with van der Waals surface area (Å²) < 4.78 is 0. The zero-order valence-corrected chi connectivity index (χ0v) is 18.6. The molecule has 2 heterocycles. The average molecular weight is 428 g/mol. The maximum Gasteiger partial charge on any atom is 0.325 e. The van der Waals surface area contributed by atoms with Crippen LogP contribution in [0.2, 0.25) is 0 Å². The summed E-state index contributed by atoms with van der Waals surface area (Å²) in [6, 6.07) is 11.3. The molecule has 0 aliphatic carbocycles. The van der Waals surface area contributed by atoms with Crippen molar-refractivity contribution in [2.45, 2.75) is 58.0 Å². The fraction of sp³-hybridized carbons (Fsp3) is 0.435. The van der Waals surface area contributed by atoms with Gasteiger partial charge in [0.2, 0.25) is 5.91 Å². The van der Waals surface area contributed by atoms with E-state index < -0.39 is 11.6 Å². The Bertz CT molecular complexity index is 889. The van der Waals surface area contributed by atoms with E-state index in [-0.39, 0.29) is 24.4 Å². The Morgan fingerprint density at radius 2 is 1.83 bits per heavy atom. The van der Waals surface area contributed by atoms with Crippen molar-refractivity contribution in [1.29, 1.82) is 0 Å². The van der Waals surface area contributed by atoms with Gasteiger partial charge in [0.05, 0.1) is 6.04 Å². The summed E-state index contributed by atoms with van der Waals surface area (Å²) in [6.45, 7) is 5.58. The highest BCUT2D eigenvalue weighted by Crippen LogP contribution is 2.28. The molecule has 0 radical (unpaired) electrons. The third-order valence-electron chi connectivity index (χ3n) is 5.74. The molecule has 7 heteroatoms. The van der Waals surface area contributed by atoms with E-state index >= 15 is 0 Å². The molecular formula is C23H29N3O3S. The van der Waals surface area contributed by atoms with Gasteiger partial charge in [-0.1, -0.05) is 57.5 Å². The molecule has 160 valence electrons. The molecule has 1 fully saturated rings. The third-order valence-corrected chi connectivity index (χ3v) is 6.68. The van der Waals surface area contributed by atoms with Crippen molar-refractivity contribution in [3.63, 3.8) is 0 Å². The fourth-order valence-electron chi connectivity index (χ4n) is 3.84. The molecule has 2 N–H and O–H groups in total. The predicted molar refractivity (Wildman–Crippen MR) is 118 cm³/mol. The number of imide groups is 1. The van der Waals surface area contributed by atoms with E-state index in [4.69, 9.17) is 0 Å². The van der Waals surface area contributed by atoms with Crippen LogP contribution in [0, 0.1) is 0 Å². The summed E-state index contributed by atoms with van der Waals surface area (Å²) >= 11 is 1.56. The van der Waals surface area contributed by atoms with Crippen LogP contribution in [-0.4, -0.2) is 34.8 Å². The van der Waals surface area contributed by atoms with E-state index in [1.54, 1.807) is 11.3 Å². The molecule has 0 spiro atoms. The molecule has 1 aliphatic heterocycles. The molecular weight excluding hydrogens is 398 g/mol. The summed E-state index contributed by atoms with van der Waals surface area (Å²) in [5.74, 6) is -0.693. The van der Waals surface area contributed by atoms with Crippen molar-refractivity contribution in [3.8, 4) is 0 Å². The van der Waals surface area contributed by atoms with E-state index in [2.05, 4.69) is 29.7 Å². The standard InChI is InChI=1S/C23H29N3O3S/c1-4-8-16-10-12-17(13-11-16)20(18-9-7-14-30-18)24-19(27)15-26-21(28)23(5-2,6-3)25-22(26)29/h7,9-14,20H,4-6,8,15H2,1-3H3,(H,24,27)(H,25,29). The van der Waals surface area contributed by atoms with Crippen molar-refractivity contribution in [1.82, 2.24) is 15.5 Å². The van der Waals surface area contributed by atoms with Crippen LogP contribution in [0.15, 0.2) is 41.8 Å². The van der Waals surface area contributed by atoms with Gasteiger partial charge in [-0.05, 0) is 41.8 Å². The highest BCUT2D eigenvalue weighted by molar-refractivity contribution is 7.10. The number of amides is 4. The topological polar surface area (TPSA) is 78.5 Å². The fourth-order valence-corrected chi connectivity index (χ4v) is 4.64. The Morgan fingerprint density at radius 1 is 1.13 bits per heavy atom. The van der Waals surface area contributed by atoms with Gasteiger partial charge in [0, 0.05) is 4.88 Å². The molecule has 1 atom stereocenters. The molecule has 4 amide bonds. The number of rotatable bonds is 9. The minimum Gasteiger partial charge on any atom is -0.343 e. The number of hydrogen-bond acceptors (Lipinski definition) is 4. The van der Waals surface area contributed by atoms with Gasteiger partial charge in [-0.2, -0.15) is 0 Å². The number of aryl methyl sites for hydroxylation is 1. The first-order chi connectivity index (χ1) is 14.4. The van der Waals surface area contributed by atoms with Crippen LogP contribution in [0.4, 0.5) is 4.79 Å². The molecule has 2 aromatic rings. The number of carbonyl (C=O) groups excluding carboxylic acids is 3. The average Bonchev–Trinajstić information content (AvgIpc) is 3.36. The van der Waals surface area contributed by atoms with Gasteiger partial charge < -0.3 is 10.6 Å². The SMILES string of the molecule is CCCc1ccc(C(NC(=O)CN2C(=O)NC(CC)(CC)C2=O)c2cccs2)cc1. The monoisotopic (exact) mass is 427 g/mol. The summed E-state index contributed by atoms with van der Waals surface area (Å²) in [5.41, 5.74) is 1.33. The lowest BCUT2D eigenvalue weighted by molar-refractivity contribution is -0.135. The van der Waals surface area contributed by atoms with Crippen LogP contribution < -0.4 is 10.6 Å². The van der Waals surface area contributed by atoms with E-state index in [0.29, 0.717) is 12.8 Å². The second-order valence-electron chi connectivity index (χ2n) is 7.62. The number of carbonyl (C=O) groups is 3. The summed E-state index contributed by atoms with van der Waals surface area (Å²) in [6.07, 6.45) is 3.08. The first kappa shape index (κ1) is 22.0. The molecule has 6 nitrogen and oxygen atoms in total. The van der Waals surface area contributed by atoms with Crippen molar-refractivity contribution in [2.24, 2.45) is 0 Å². The van der Waals surface area contributed by atoms with Gasteiger partial charge in [-0.15, -0.1) is 11.3 Å². The van der Waals surface area contributed by atoms with E-state index in [9.17, 15) is 14.4 Å². The molecule has 3 rings (SSSR count). The zero-order chi connectivity index (χ0) is 21.7. The Balaban J connectivity index is 1.76. The number of urea groups is 1. The Kier molecular flexibility index (Phi) is 6.92. The zero-order valence-electron chi connectivity index (χ0n) is 17.7. The maximum absolute atomic E-state index is 12.8. The van der Waals surface area contributed by atoms with Crippen LogP contribution in [0.3, 0.4) is 0 Å². The summed E-state index contributed by atoms with van der Waals surface area (Å²) in [5, 5.41) is 7.74. The quantitative estimate of drug-likeness (QED) is 0.594. The minimum absolute atomic E-state index is 0.289. The molecule has 30 heavy (non-hydrogen) atoms. The molecule has 1 aromatic heterocycles. The molecule has 1 aromatic carbocycles. The smallest absolute Gasteiger partial charge is 0.325 e. The number of thiophene rings is 1. The molecule has 1 saturated heterocycles. The van der Waals surface area contributed by atoms with Gasteiger partial charge in [-0.25, -0.2) is 4.79 Å². The van der Waals surface area contributed by atoms with Crippen LogP contribution in [0.25, 0.3) is 0 Å². The van der Waals surface area contributed by atoms with Gasteiger partial charge in [0.25, 0.3) is 5.91 Å². The maximum atomic E-state index is 12.8. The molecule has 0 bridgehead atoms. The third kappa shape index (κ3) is 4.41. The summed E-state index contributed by atoms with van der Waals surface area (Å²) in [4.78, 5) is 40.0. The van der Waals surface area contributed by atoms with Gasteiger partial charge in [0.15, 0.2) is 0 Å². The normalized spacial score (nSPS) is 16.4. The van der Waals surface area contributed by atoms with Crippen LogP contribution >= 0.6 is 11.3 Å². The van der Waals surface area contributed by atoms with E-state index in [0.717, 1.165) is 28.2 Å². The lowest BCUT2D eigenvalue weighted by Gasteiger charge is -2.23. The first-order valence-corrected chi connectivity index (χ1v) is 11.4. The van der Waals surface area contributed by atoms with Crippen molar-refractivity contribution >= 4 is 29.2 Å². The van der Waals surface area contributed by atoms with E-state index in [1.165, 1.54) is 5.56 Å².